The molecule has 2 rings (SSSR count). The predicted octanol–water partition coefficient (Wildman–Crippen LogP) is 1.70. The molecule has 0 saturated carbocycles. The monoisotopic (exact) mass is 221 g/mol. The van der Waals surface area contributed by atoms with Crippen molar-refractivity contribution in [2.75, 3.05) is 5.32 Å². The highest BCUT2D eigenvalue weighted by Crippen LogP contribution is 2.37. The van der Waals surface area contributed by atoms with Gasteiger partial charge in [0.25, 0.3) is 5.91 Å². The van der Waals surface area contributed by atoms with Gasteiger partial charge in [-0.25, -0.2) is 4.79 Å². The number of rotatable bonds is 1. The van der Waals surface area contributed by atoms with Gasteiger partial charge in [-0.05, 0) is 12.1 Å². The number of hydrogen-bond donors (Lipinski definition) is 2. The zero-order chi connectivity index (χ0) is 10.8. The first-order valence-electron chi connectivity index (χ1n) is 4.19. The minimum atomic E-state index is -1.12. The summed E-state index contributed by atoms with van der Waals surface area (Å²) in [6, 6.07) is 7.25. The number of para-hydroxylation sites is 1. The van der Waals surface area contributed by atoms with Gasteiger partial charge in [0.15, 0.2) is 0 Å². The van der Waals surface area contributed by atoms with Crippen molar-refractivity contribution in [3.8, 4) is 0 Å². The van der Waals surface area contributed by atoms with Crippen LogP contribution >= 0.6 is 11.8 Å². The summed E-state index contributed by atoms with van der Waals surface area (Å²) in [6.45, 7) is 0. The van der Waals surface area contributed by atoms with Crippen molar-refractivity contribution in [1.82, 2.24) is 0 Å². The van der Waals surface area contributed by atoms with Gasteiger partial charge in [0.2, 0.25) is 0 Å². The Morgan fingerprint density at radius 2 is 2.13 bits per heavy atom. The zero-order valence-corrected chi connectivity index (χ0v) is 8.38. The fourth-order valence-corrected chi connectivity index (χ4v) is 2.13. The Kier molecular flexibility index (Phi) is 2.47. The third kappa shape index (κ3) is 2.02. The van der Waals surface area contributed by atoms with Crippen LogP contribution in [0.15, 0.2) is 40.1 Å². The van der Waals surface area contributed by atoms with Crippen molar-refractivity contribution in [2.45, 2.75) is 4.90 Å². The number of benzene rings is 1. The van der Waals surface area contributed by atoms with E-state index in [1.807, 2.05) is 18.2 Å². The molecule has 76 valence electrons. The molecule has 0 radical (unpaired) electrons. The minimum absolute atomic E-state index is 0.196. The lowest BCUT2D eigenvalue weighted by Gasteiger charge is -2.17. The fourth-order valence-electron chi connectivity index (χ4n) is 1.21. The molecule has 0 aliphatic carbocycles. The van der Waals surface area contributed by atoms with E-state index in [2.05, 4.69) is 5.32 Å². The number of carbonyl (C=O) groups excluding carboxylic acids is 1. The number of carboxylic acids is 1. The molecule has 0 saturated heterocycles. The van der Waals surface area contributed by atoms with Crippen LogP contribution in [0.5, 0.6) is 0 Å². The Bertz CT molecular complexity index is 467. The smallest absolute Gasteiger partial charge is 0.329 e. The number of carboxylic acid groups (broad SMARTS) is 1. The van der Waals surface area contributed by atoms with E-state index < -0.39 is 5.97 Å². The summed E-state index contributed by atoms with van der Waals surface area (Å²) < 4.78 is 0. The second kappa shape index (κ2) is 3.78. The van der Waals surface area contributed by atoms with Crippen LogP contribution in [0.2, 0.25) is 0 Å². The van der Waals surface area contributed by atoms with E-state index in [1.54, 1.807) is 6.07 Å². The summed E-state index contributed by atoms with van der Waals surface area (Å²) in [6.07, 6.45) is 0.913. The summed E-state index contributed by atoms with van der Waals surface area (Å²) in [5, 5.41) is 11.2. The third-order valence-corrected chi connectivity index (χ3v) is 2.93. The zero-order valence-electron chi connectivity index (χ0n) is 7.56. The van der Waals surface area contributed by atoms with E-state index in [0.29, 0.717) is 0 Å². The van der Waals surface area contributed by atoms with E-state index in [-0.39, 0.29) is 10.8 Å². The Hall–Kier alpha value is -1.75. The number of aliphatic carboxylic acids is 1. The van der Waals surface area contributed by atoms with Crippen molar-refractivity contribution >= 4 is 29.3 Å². The van der Waals surface area contributed by atoms with Crippen LogP contribution in [-0.4, -0.2) is 17.0 Å². The average Bonchev–Trinajstić information content (AvgIpc) is 2.18. The summed E-state index contributed by atoms with van der Waals surface area (Å²) in [5.74, 6) is -1.49. The lowest BCUT2D eigenvalue weighted by Crippen LogP contribution is -2.18. The SMILES string of the molecule is O=C(O)/C=C1\Sc2ccccc2NC1=O. The standard InChI is InChI=1S/C10H7NO3S/c12-9(13)5-8-10(14)11-6-3-1-2-4-7(6)15-8/h1-5H,(H,11,14)(H,12,13)/b8-5-. The molecule has 1 aromatic carbocycles. The van der Waals surface area contributed by atoms with Gasteiger partial charge in [-0.2, -0.15) is 0 Å². The van der Waals surface area contributed by atoms with Crippen LogP contribution in [0.1, 0.15) is 0 Å². The Balaban J connectivity index is 2.38. The molecule has 0 unspecified atom stereocenters. The first-order valence-corrected chi connectivity index (χ1v) is 5.01. The van der Waals surface area contributed by atoms with E-state index >= 15 is 0 Å². The van der Waals surface area contributed by atoms with Crippen LogP contribution in [-0.2, 0) is 9.59 Å². The van der Waals surface area contributed by atoms with Gasteiger partial charge in [-0.15, -0.1) is 0 Å². The van der Waals surface area contributed by atoms with E-state index in [0.717, 1.165) is 28.4 Å². The molecule has 5 heteroatoms. The number of hydrogen-bond acceptors (Lipinski definition) is 3. The molecule has 1 heterocycles. The molecule has 0 aromatic heterocycles. The number of amides is 1. The number of carbonyl (C=O) groups is 2. The maximum atomic E-state index is 11.4. The first-order chi connectivity index (χ1) is 7.16. The third-order valence-electron chi connectivity index (χ3n) is 1.83. The summed E-state index contributed by atoms with van der Waals surface area (Å²) in [7, 11) is 0. The van der Waals surface area contributed by atoms with Crippen LogP contribution in [0.4, 0.5) is 5.69 Å². The Morgan fingerprint density at radius 1 is 1.40 bits per heavy atom. The molecule has 1 aromatic rings. The van der Waals surface area contributed by atoms with Crippen LogP contribution < -0.4 is 5.32 Å². The summed E-state index contributed by atoms with van der Waals surface area (Å²) in [4.78, 5) is 22.9. The lowest BCUT2D eigenvalue weighted by molar-refractivity contribution is -0.131. The quantitative estimate of drug-likeness (QED) is 0.708. The van der Waals surface area contributed by atoms with Crippen molar-refractivity contribution in [3.05, 3.63) is 35.2 Å². The normalized spacial score (nSPS) is 17.1. The minimum Gasteiger partial charge on any atom is -0.478 e. The molecule has 2 N–H and O–H groups in total. The summed E-state index contributed by atoms with van der Waals surface area (Å²) in [5.41, 5.74) is 0.718. The van der Waals surface area contributed by atoms with Crippen molar-refractivity contribution < 1.29 is 14.7 Å². The fraction of sp³-hybridized carbons (Fsp3) is 0. The molecule has 0 spiro atoms. The number of nitrogens with one attached hydrogen (secondary N) is 1. The second-order valence-corrected chi connectivity index (χ2v) is 3.98. The molecular formula is C10H7NO3S. The molecule has 1 aliphatic rings. The highest BCUT2D eigenvalue weighted by atomic mass is 32.2. The summed E-state index contributed by atoms with van der Waals surface area (Å²) >= 11 is 1.16. The van der Waals surface area contributed by atoms with Gasteiger partial charge in [-0.1, -0.05) is 23.9 Å². The van der Waals surface area contributed by atoms with Gasteiger partial charge in [0, 0.05) is 11.0 Å². The molecule has 4 nitrogen and oxygen atoms in total. The molecule has 0 bridgehead atoms. The predicted molar refractivity (Wildman–Crippen MR) is 56.6 cm³/mol. The van der Waals surface area contributed by atoms with Gasteiger partial charge < -0.3 is 10.4 Å². The van der Waals surface area contributed by atoms with Gasteiger partial charge >= 0.3 is 5.97 Å². The van der Waals surface area contributed by atoms with Crippen LogP contribution in [0.3, 0.4) is 0 Å². The second-order valence-electron chi connectivity index (χ2n) is 2.90. The molecule has 0 atom stereocenters. The lowest BCUT2D eigenvalue weighted by atomic mass is 10.3. The molecule has 15 heavy (non-hydrogen) atoms. The number of anilines is 1. The first kappa shape index (κ1) is 9.79. The molecule has 1 aliphatic heterocycles. The van der Waals surface area contributed by atoms with Gasteiger partial charge in [0.05, 0.1) is 10.6 Å². The molecular weight excluding hydrogens is 214 g/mol. The largest absolute Gasteiger partial charge is 0.478 e. The maximum absolute atomic E-state index is 11.4. The van der Waals surface area contributed by atoms with Gasteiger partial charge in [0.1, 0.15) is 0 Å². The topological polar surface area (TPSA) is 66.4 Å². The van der Waals surface area contributed by atoms with Crippen molar-refractivity contribution in [1.29, 1.82) is 0 Å². The Morgan fingerprint density at radius 3 is 2.87 bits per heavy atom. The van der Waals surface area contributed by atoms with Gasteiger partial charge in [-0.3, -0.25) is 4.79 Å². The van der Waals surface area contributed by atoms with E-state index in [1.165, 1.54) is 0 Å². The number of thioether (sulfide) groups is 1. The highest BCUT2D eigenvalue weighted by Gasteiger charge is 2.21. The molecule has 1 amide bonds. The Labute approximate surface area is 90.0 Å². The highest BCUT2D eigenvalue weighted by molar-refractivity contribution is 8.04. The van der Waals surface area contributed by atoms with E-state index in [4.69, 9.17) is 5.11 Å². The molecule has 0 fully saturated rings. The van der Waals surface area contributed by atoms with Crippen LogP contribution in [0.25, 0.3) is 0 Å². The van der Waals surface area contributed by atoms with Crippen LogP contribution in [0, 0.1) is 0 Å². The average molecular weight is 221 g/mol. The van der Waals surface area contributed by atoms with E-state index in [9.17, 15) is 9.59 Å². The maximum Gasteiger partial charge on any atom is 0.329 e. The van der Waals surface area contributed by atoms with Crippen molar-refractivity contribution in [3.63, 3.8) is 0 Å². The number of fused-ring (bicyclic) bond motifs is 1. The van der Waals surface area contributed by atoms with Crippen molar-refractivity contribution in [2.24, 2.45) is 0 Å².